The number of rotatable bonds is 3. The second kappa shape index (κ2) is 5.26. The predicted octanol–water partition coefficient (Wildman–Crippen LogP) is 3.43. The van der Waals surface area contributed by atoms with Gasteiger partial charge in [-0.15, -0.1) is 0 Å². The maximum Gasteiger partial charge on any atom is 0.0410 e. The molecule has 2 nitrogen and oxygen atoms in total. The van der Waals surface area contributed by atoms with Gasteiger partial charge in [0.15, 0.2) is 0 Å². The van der Waals surface area contributed by atoms with Crippen molar-refractivity contribution in [3.05, 3.63) is 35.4 Å². The smallest absolute Gasteiger partial charge is 0.0410 e. The molecule has 0 amide bonds. The van der Waals surface area contributed by atoms with Crippen molar-refractivity contribution in [1.82, 2.24) is 0 Å². The first-order valence-corrected chi connectivity index (χ1v) is 7.53. The highest BCUT2D eigenvalue weighted by Crippen LogP contribution is 2.35. The second-order valence-electron chi connectivity index (χ2n) is 6.81. The van der Waals surface area contributed by atoms with Crippen molar-refractivity contribution >= 4 is 0 Å². The number of hydrogen-bond acceptors (Lipinski definition) is 2. The summed E-state index contributed by atoms with van der Waals surface area (Å²) in [5.74, 6) is 0. The summed E-state index contributed by atoms with van der Waals surface area (Å²) in [5, 5.41) is 0. The first-order valence-electron chi connectivity index (χ1n) is 7.53. The Balaban J connectivity index is 2.19. The molecule has 106 valence electrons. The summed E-state index contributed by atoms with van der Waals surface area (Å²) >= 11 is 0. The zero-order valence-electron chi connectivity index (χ0n) is 12.6. The lowest BCUT2D eigenvalue weighted by Gasteiger charge is -2.37. The molecule has 0 saturated heterocycles. The number of nitrogens with two attached hydrogens (primary N) is 2. The summed E-state index contributed by atoms with van der Waals surface area (Å²) in [6.45, 7) is 6.82. The van der Waals surface area contributed by atoms with Gasteiger partial charge < -0.3 is 11.5 Å². The maximum absolute atomic E-state index is 6.58. The molecule has 1 fully saturated rings. The lowest BCUT2D eigenvalue weighted by molar-refractivity contribution is 0.277. The molecule has 0 radical (unpaired) electrons. The molecule has 4 N–H and O–H groups in total. The molecule has 1 aliphatic rings. The van der Waals surface area contributed by atoms with Gasteiger partial charge in [0.05, 0.1) is 0 Å². The molecule has 0 aliphatic heterocycles. The molecule has 0 unspecified atom stereocenters. The van der Waals surface area contributed by atoms with Crippen molar-refractivity contribution in [3.63, 3.8) is 0 Å². The van der Waals surface area contributed by atoms with Gasteiger partial charge in [0.1, 0.15) is 0 Å². The van der Waals surface area contributed by atoms with Crippen LogP contribution in [0.3, 0.4) is 0 Å². The predicted molar refractivity (Wildman–Crippen MR) is 82.1 cm³/mol. The van der Waals surface area contributed by atoms with Gasteiger partial charge in [0.2, 0.25) is 0 Å². The first kappa shape index (κ1) is 14.5. The summed E-state index contributed by atoms with van der Waals surface area (Å²) < 4.78 is 0. The van der Waals surface area contributed by atoms with Crippen LogP contribution >= 0.6 is 0 Å². The van der Waals surface area contributed by atoms with Gasteiger partial charge in [0, 0.05) is 11.6 Å². The zero-order valence-corrected chi connectivity index (χ0v) is 12.6. The van der Waals surface area contributed by atoms with E-state index >= 15 is 0 Å². The molecule has 1 saturated carbocycles. The zero-order chi connectivity index (χ0) is 14.1. The minimum Gasteiger partial charge on any atom is -0.328 e. The van der Waals surface area contributed by atoms with Gasteiger partial charge in [-0.1, -0.05) is 45.0 Å². The van der Waals surface area contributed by atoms with Crippen LogP contribution in [0.2, 0.25) is 0 Å². The molecule has 0 bridgehead atoms. The van der Waals surface area contributed by atoms with E-state index in [0.29, 0.717) is 6.04 Å². The van der Waals surface area contributed by atoms with E-state index in [9.17, 15) is 0 Å². The summed E-state index contributed by atoms with van der Waals surface area (Å²) in [5.41, 5.74) is 15.3. The minimum absolute atomic E-state index is 0.162. The summed E-state index contributed by atoms with van der Waals surface area (Å²) in [7, 11) is 0. The summed E-state index contributed by atoms with van der Waals surface area (Å²) in [6.07, 6.45) is 5.24. The molecule has 2 rings (SSSR count). The average Bonchev–Trinajstić information content (AvgIpc) is 2.42. The Labute approximate surface area is 117 Å². The van der Waals surface area contributed by atoms with Crippen LogP contribution in [0.4, 0.5) is 0 Å². The van der Waals surface area contributed by atoms with E-state index in [0.717, 1.165) is 32.1 Å². The Bertz CT molecular complexity index is 411. The van der Waals surface area contributed by atoms with Gasteiger partial charge in [-0.2, -0.15) is 0 Å². The standard InChI is InChI=1S/C17H28N2/c1-4-16(2,3)13-5-7-14(8-6-13)17(19)11-9-15(18)10-12-17/h5-8,15H,4,9-12,18-19H2,1-3H3. The molecular weight excluding hydrogens is 232 g/mol. The Kier molecular flexibility index (Phi) is 4.03. The van der Waals surface area contributed by atoms with Crippen molar-refractivity contribution < 1.29 is 0 Å². The van der Waals surface area contributed by atoms with Crippen LogP contribution in [0.1, 0.15) is 64.0 Å². The Morgan fingerprint density at radius 3 is 2.16 bits per heavy atom. The van der Waals surface area contributed by atoms with Gasteiger partial charge in [0.25, 0.3) is 0 Å². The van der Waals surface area contributed by atoms with Crippen molar-refractivity contribution in [3.8, 4) is 0 Å². The Morgan fingerprint density at radius 2 is 1.68 bits per heavy atom. The molecule has 2 heteroatoms. The highest BCUT2D eigenvalue weighted by Gasteiger charge is 2.32. The fourth-order valence-corrected chi connectivity index (χ4v) is 2.90. The SMILES string of the molecule is CCC(C)(C)c1ccc(C2(N)CCC(N)CC2)cc1. The largest absolute Gasteiger partial charge is 0.328 e. The fraction of sp³-hybridized carbons (Fsp3) is 0.647. The molecule has 1 aromatic carbocycles. The maximum atomic E-state index is 6.58. The Hall–Kier alpha value is -0.860. The van der Waals surface area contributed by atoms with Crippen molar-refractivity contribution in [2.75, 3.05) is 0 Å². The van der Waals surface area contributed by atoms with Crippen LogP contribution in [0, 0.1) is 0 Å². The minimum atomic E-state index is -0.162. The lowest BCUT2D eigenvalue weighted by atomic mass is 9.74. The van der Waals surface area contributed by atoms with E-state index in [4.69, 9.17) is 11.5 Å². The molecule has 0 atom stereocenters. The van der Waals surface area contributed by atoms with E-state index in [1.165, 1.54) is 11.1 Å². The monoisotopic (exact) mass is 260 g/mol. The van der Waals surface area contributed by atoms with Crippen molar-refractivity contribution in [1.29, 1.82) is 0 Å². The number of benzene rings is 1. The van der Waals surface area contributed by atoms with E-state index < -0.39 is 0 Å². The Morgan fingerprint density at radius 1 is 1.16 bits per heavy atom. The van der Waals surface area contributed by atoms with Crippen LogP contribution < -0.4 is 11.5 Å². The highest BCUT2D eigenvalue weighted by atomic mass is 14.8. The average molecular weight is 260 g/mol. The summed E-state index contributed by atoms with van der Waals surface area (Å²) in [4.78, 5) is 0. The van der Waals surface area contributed by atoms with E-state index in [2.05, 4.69) is 45.0 Å². The van der Waals surface area contributed by atoms with E-state index in [1.807, 2.05) is 0 Å². The normalized spacial score (nSPS) is 28.4. The lowest BCUT2D eigenvalue weighted by Crippen LogP contribution is -2.43. The number of hydrogen-bond donors (Lipinski definition) is 2. The van der Waals surface area contributed by atoms with Gasteiger partial charge in [-0.05, 0) is 48.6 Å². The van der Waals surface area contributed by atoms with Gasteiger partial charge >= 0.3 is 0 Å². The van der Waals surface area contributed by atoms with Crippen molar-refractivity contribution in [2.24, 2.45) is 11.5 Å². The second-order valence-corrected chi connectivity index (χ2v) is 6.81. The fourth-order valence-electron chi connectivity index (χ4n) is 2.90. The van der Waals surface area contributed by atoms with Gasteiger partial charge in [-0.25, -0.2) is 0 Å². The molecule has 1 aliphatic carbocycles. The molecule has 0 heterocycles. The topological polar surface area (TPSA) is 52.0 Å². The molecule has 1 aromatic rings. The van der Waals surface area contributed by atoms with Crippen molar-refractivity contribution in [2.45, 2.75) is 69.9 Å². The first-order chi connectivity index (χ1) is 8.87. The van der Waals surface area contributed by atoms with Gasteiger partial charge in [-0.3, -0.25) is 0 Å². The molecule has 0 spiro atoms. The molecule has 19 heavy (non-hydrogen) atoms. The third-order valence-electron chi connectivity index (χ3n) is 5.05. The molecular formula is C17H28N2. The third-order valence-corrected chi connectivity index (χ3v) is 5.05. The quantitative estimate of drug-likeness (QED) is 0.875. The third kappa shape index (κ3) is 3.01. The molecule has 0 aromatic heterocycles. The van der Waals surface area contributed by atoms with Crippen LogP contribution in [-0.4, -0.2) is 6.04 Å². The van der Waals surface area contributed by atoms with Crippen LogP contribution in [0.15, 0.2) is 24.3 Å². The highest BCUT2D eigenvalue weighted by molar-refractivity contribution is 5.32. The summed E-state index contributed by atoms with van der Waals surface area (Å²) in [6, 6.07) is 9.30. The van der Waals surface area contributed by atoms with E-state index in [1.54, 1.807) is 0 Å². The van der Waals surface area contributed by atoms with Crippen LogP contribution in [0.25, 0.3) is 0 Å². The van der Waals surface area contributed by atoms with Crippen LogP contribution in [-0.2, 0) is 11.0 Å². The van der Waals surface area contributed by atoms with E-state index in [-0.39, 0.29) is 11.0 Å². The van der Waals surface area contributed by atoms with Crippen LogP contribution in [0.5, 0.6) is 0 Å².